The first-order valence-corrected chi connectivity index (χ1v) is 4.02. The lowest BCUT2D eigenvalue weighted by atomic mass is 10.2. The molecule has 2 aromatic heterocycles. The van der Waals surface area contributed by atoms with Crippen LogP contribution >= 0.6 is 0 Å². The van der Waals surface area contributed by atoms with Gasteiger partial charge in [-0.3, -0.25) is 9.38 Å². The second-order valence-corrected chi connectivity index (χ2v) is 2.93. The Morgan fingerprint density at radius 2 is 2.07 bits per heavy atom. The lowest BCUT2D eigenvalue weighted by molar-refractivity contribution is -0.208. The van der Waals surface area contributed by atoms with E-state index in [1.54, 1.807) is 0 Å². The van der Waals surface area contributed by atoms with Crippen LogP contribution in [0.1, 0.15) is 11.8 Å². The number of hydrogen-bond acceptors (Lipinski definition) is 3. The van der Waals surface area contributed by atoms with E-state index in [9.17, 15) is 13.2 Å². The van der Waals surface area contributed by atoms with Crippen molar-refractivity contribution >= 4 is 5.65 Å². The maximum atomic E-state index is 12.2. The van der Waals surface area contributed by atoms with Crippen molar-refractivity contribution in [2.75, 3.05) is 0 Å². The molecular weight excluding hydrogens is 211 g/mol. The second-order valence-electron chi connectivity index (χ2n) is 2.93. The van der Waals surface area contributed by atoms with Crippen LogP contribution in [0, 0.1) is 0 Å². The molecule has 0 unspecified atom stereocenters. The molecule has 2 rings (SSSR count). The Morgan fingerprint density at radius 1 is 1.33 bits per heavy atom. The molecule has 80 valence electrons. The summed E-state index contributed by atoms with van der Waals surface area (Å²) < 4.78 is 37.8. The highest BCUT2D eigenvalue weighted by atomic mass is 19.4. The number of nitrogens with zero attached hydrogens (tertiary/aromatic N) is 3. The summed E-state index contributed by atoms with van der Waals surface area (Å²) in [4.78, 5) is 7.40. The van der Waals surface area contributed by atoms with Gasteiger partial charge in [-0.05, 0) is 0 Å². The van der Waals surface area contributed by atoms with Crippen LogP contribution in [0.3, 0.4) is 0 Å². The molecule has 0 spiro atoms. The van der Waals surface area contributed by atoms with Gasteiger partial charge in [0.05, 0.1) is 18.1 Å². The van der Waals surface area contributed by atoms with Crippen molar-refractivity contribution in [1.82, 2.24) is 14.4 Å². The first kappa shape index (κ1) is 9.91. The van der Waals surface area contributed by atoms with Gasteiger partial charge in [-0.2, -0.15) is 13.2 Å². The number of aromatic nitrogens is 3. The molecule has 0 saturated carbocycles. The average Bonchev–Trinajstić information content (AvgIpc) is 2.58. The van der Waals surface area contributed by atoms with Gasteiger partial charge in [-0.1, -0.05) is 0 Å². The average molecular weight is 217 g/mol. The molecule has 15 heavy (non-hydrogen) atoms. The van der Waals surface area contributed by atoms with Crippen LogP contribution in [0.15, 0.2) is 24.8 Å². The minimum absolute atomic E-state index is 0.260. The number of aliphatic hydroxyl groups is 1. The van der Waals surface area contributed by atoms with Gasteiger partial charge < -0.3 is 5.11 Å². The third-order valence-corrected chi connectivity index (χ3v) is 1.94. The minimum atomic E-state index is -4.70. The van der Waals surface area contributed by atoms with Crippen LogP contribution in [0.25, 0.3) is 5.65 Å². The number of fused-ring (bicyclic) bond motifs is 1. The molecule has 0 aliphatic carbocycles. The molecule has 1 N–H and O–H groups in total. The van der Waals surface area contributed by atoms with Gasteiger partial charge in [0.15, 0.2) is 11.8 Å². The zero-order valence-corrected chi connectivity index (χ0v) is 7.31. The summed E-state index contributed by atoms with van der Waals surface area (Å²) >= 11 is 0. The Morgan fingerprint density at radius 3 is 2.73 bits per heavy atom. The van der Waals surface area contributed by atoms with Crippen LogP contribution in [-0.4, -0.2) is 25.7 Å². The zero-order chi connectivity index (χ0) is 11.1. The molecule has 0 aliphatic heterocycles. The summed E-state index contributed by atoms with van der Waals surface area (Å²) in [7, 11) is 0. The molecule has 0 aliphatic rings. The third-order valence-electron chi connectivity index (χ3n) is 1.94. The smallest absolute Gasteiger partial charge is 0.378 e. The molecule has 0 amide bonds. The quantitative estimate of drug-likeness (QED) is 0.783. The molecule has 0 bridgehead atoms. The molecule has 0 fully saturated rings. The van der Waals surface area contributed by atoms with Gasteiger partial charge in [0.1, 0.15) is 0 Å². The van der Waals surface area contributed by atoms with E-state index in [0.29, 0.717) is 0 Å². The van der Waals surface area contributed by atoms with Crippen molar-refractivity contribution in [3.63, 3.8) is 0 Å². The Balaban J connectivity index is 2.53. The highest BCUT2D eigenvalue weighted by Gasteiger charge is 2.41. The summed E-state index contributed by atoms with van der Waals surface area (Å²) in [6.07, 6.45) is -2.30. The van der Waals surface area contributed by atoms with E-state index in [1.165, 1.54) is 18.6 Å². The molecule has 4 nitrogen and oxygen atoms in total. The fourth-order valence-electron chi connectivity index (χ4n) is 1.23. The van der Waals surface area contributed by atoms with Gasteiger partial charge in [0, 0.05) is 12.4 Å². The van der Waals surface area contributed by atoms with E-state index >= 15 is 0 Å². The van der Waals surface area contributed by atoms with Crippen LogP contribution in [-0.2, 0) is 0 Å². The predicted molar refractivity (Wildman–Crippen MR) is 44.0 cm³/mol. The van der Waals surface area contributed by atoms with E-state index in [2.05, 4.69) is 9.97 Å². The first-order valence-electron chi connectivity index (χ1n) is 4.02. The zero-order valence-electron chi connectivity index (χ0n) is 7.31. The standard InChI is InChI=1S/C8H6F3N3O/c9-8(10,11)7(15)5-3-13-6-4-12-1-2-14(5)6/h1-4,7,15H/t7-/m0/s1. The Bertz CT molecular complexity index is 479. The van der Waals surface area contributed by atoms with Gasteiger partial charge in [-0.25, -0.2) is 4.98 Å². The van der Waals surface area contributed by atoms with E-state index in [-0.39, 0.29) is 11.3 Å². The second kappa shape index (κ2) is 3.20. The number of imidazole rings is 1. The summed E-state index contributed by atoms with van der Waals surface area (Å²) in [5.41, 5.74) is -0.0595. The normalized spacial score (nSPS) is 14.4. The van der Waals surface area contributed by atoms with E-state index in [4.69, 9.17) is 5.11 Å². The minimum Gasteiger partial charge on any atom is -0.378 e. The number of rotatable bonds is 1. The molecular formula is C8H6F3N3O. The fourth-order valence-corrected chi connectivity index (χ4v) is 1.23. The predicted octanol–water partition coefficient (Wildman–Crippen LogP) is 1.32. The SMILES string of the molecule is O[C@@H](c1cnc2cnccn12)C(F)(F)F. The van der Waals surface area contributed by atoms with Gasteiger partial charge >= 0.3 is 6.18 Å². The topological polar surface area (TPSA) is 50.4 Å². The lowest BCUT2D eigenvalue weighted by Crippen LogP contribution is -2.21. The van der Waals surface area contributed by atoms with Crippen LogP contribution < -0.4 is 0 Å². The van der Waals surface area contributed by atoms with E-state index in [0.717, 1.165) is 10.6 Å². The molecule has 0 radical (unpaired) electrons. The van der Waals surface area contributed by atoms with Crippen molar-refractivity contribution < 1.29 is 18.3 Å². The van der Waals surface area contributed by atoms with Crippen LogP contribution in [0.4, 0.5) is 13.2 Å². The summed E-state index contributed by atoms with van der Waals surface area (Å²) in [5, 5.41) is 9.04. The molecule has 2 heterocycles. The first-order chi connectivity index (χ1) is 7.00. The highest BCUT2D eigenvalue weighted by Crippen LogP contribution is 2.32. The molecule has 1 atom stereocenters. The van der Waals surface area contributed by atoms with Crippen molar-refractivity contribution in [1.29, 1.82) is 0 Å². The molecule has 0 aromatic carbocycles. The number of halogens is 3. The summed E-state index contributed by atoms with van der Waals surface area (Å²) in [5.74, 6) is 0. The summed E-state index contributed by atoms with van der Waals surface area (Å²) in [6, 6.07) is 0. The van der Waals surface area contributed by atoms with Gasteiger partial charge in [0.25, 0.3) is 0 Å². The maximum absolute atomic E-state index is 12.2. The Kier molecular flexibility index (Phi) is 2.11. The Labute approximate surface area is 82.0 Å². The molecule has 7 heteroatoms. The monoisotopic (exact) mass is 217 g/mol. The van der Waals surface area contributed by atoms with Crippen molar-refractivity contribution in [2.45, 2.75) is 12.3 Å². The van der Waals surface area contributed by atoms with Crippen LogP contribution in [0.5, 0.6) is 0 Å². The van der Waals surface area contributed by atoms with E-state index in [1.807, 2.05) is 0 Å². The number of alkyl halides is 3. The largest absolute Gasteiger partial charge is 0.420 e. The van der Waals surface area contributed by atoms with Crippen molar-refractivity contribution in [2.24, 2.45) is 0 Å². The highest BCUT2D eigenvalue weighted by molar-refractivity contribution is 5.37. The third kappa shape index (κ3) is 1.65. The van der Waals surface area contributed by atoms with Crippen LogP contribution in [0.2, 0.25) is 0 Å². The van der Waals surface area contributed by atoms with E-state index < -0.39 is 12.3 Å². The van der Waals surface area contributed by atoms with Gasteiger partial charge in [0.2, 0.25) is 0 Å². The van der Waals surface area contributed by atoms with Crippen molar-refractivity contribution in [3.05, 3.63) is 30.5 Å². The van der Waals surface area contributed by atoms with Crippen molar-refractivity contribution in [3.8, 4) is 0 Å². The fraction of sp³-hybridized carbons (Fsp3) is 0.250. The number of aliphatic hydroxyl groups excluding tert-OH is 1. The maximum Gasteiger partial charge on any atom is 0.420 e. The molecule has 0 saturated heterocycles. The molecule has 2 aromatic rings. The lowest BCUT2D eigenvalue weighted by Gasteiger charge is -2.13. The number of hydrogen-bond donors (Lipinski definition) is 1. The summed E-state index contributed by atoms with van der Waals surface area (Å²) in [6.45, 7) is 0. The van der Waals surface area contributed by atoms with Gasteiger partial charge in [-0.15, -0.1) is 0 Å². The Hall–Kier alpha value is -1.63.